The topological polar surface area (TPSA) is 43.4 Å². The van der Waals surface area contributed by atoms with Crippen LogP contribution in [0.5, 0.6) is 0 Å². The number of esters is 1. The quantitative estimate of drug-likeness (QED) is 0.370. The molecule has 0 aliphatic rings. The summed E-state index contributed by atoms with van der Waals surface area (Å²) in [5.74, 6) is -1.05. The molecule has 0 saturated heterocycles. The van der Waals surface area contributed by atoms with E-state index in [-0.39, 0.29) is 11.3 Å². The van der Waals surface area contributed by atoms with E-state index in [0.29, 0.717) is 16.7 Å². The summed E-state index contributed by atoms with van der Waals surface area (Å²) in [5, 5.41) is 0. The van der Waals surface area contributed by atoms with E-state index in [2.05, 4.69) is 0 Å². The predicted molar refractivity (Wildman–Crippen MR) is 107 cm³/mol. The molecule has 30 heavy (non-hydrogen) atoms. The Labute approximate surface area is 172 Å². The van der Waals surface area contributed by atoms with E-state index in [4.69, 9.17) is 4.74 Å². The smallest absolute Gasteiger partial charge is 0.416 e. The van der Waals surface area contributed by atoms with Gasteiger partial charge in [-0.15, -0.1) is 0 Å². The molecule has 0 fully saturated rings. The summed E-state index contributed by atoms with van der Waals surface area (Å²) < 4.78 is 43.5. The Kier molecular flexibility index (Phi) is 6.35. The normalized spacial score (nSPS) is 11.2. The lowest BCUT2D eigenvalue weighted by molar-refractivity contribution is -0.137. The zero-order valence-corrected chi connectivity index (χ0v) is 16.2. The van der Waals surface area contributed by atoms with Crippen molar-refractivity contribution in [1.82, 2.24) is 0 Å². The molecule has 0 unspecified atom stereocenters. The highest BCUT2D eigenvalue weighted by atomic mass is 19.4. The van der Waals surface area contributed by atoms with Gasteiger partial charge < -0.3 is 4.74 Å². The van der Waals surface area contributed by atoms with Gasteiger partial charge in [-0.3, -0.25) is 4.79 Å². The Morgan fingerprint density at radius 3 is 2.10 bits per heavy atom. The summed E-state index contributed by atoms with van der Waals surface area (Å²) in [6, 6.07) is 18.0. The lowest BCUT2D eigenvalue weighted by Crippen LogP contribution is -2.15. The molecular weight excluding hydrogens is 393 g/mol. The van der Waals surface area contributed by atoms with E-state index < -0.39 is 24.3 Å². The van der Waals surface area contributed by atoms with Gasteiger partial charge in [0.05, 0.1) is 11.1 Å². The van der Waals surface area contributed by atoms with Gasteiger partial charge in [-0.1, -0.05) is 61.5 Å². The maximum absolute atomic E-state index is 12.8. The highest BCUT2D eigenvalue weighted by Gasteiger charge is 2.30. The zero-order chi connectivity index (χ0) is 21.7. The number of alkyl halides is 3. The van der Waals surface area contributed by atoms with Crippen LogP contribution in [-0.4, -0.2) is 18.4 Å². The van der Waals surface area contributed by atoms with Crippen molar-refractivity contribution in [3.8, 4) is 11.1 Å². The predicted octanol–water partition coefficient (Wildman–Crippen LogP) is 5.97. The Bertz CT molecular complexity index is 1040. The van der Waals surface area contributed by atoms with Gasteiger partial charge in [-0.05, 0) is 41.3 Å². The van der Waals surface area contributed by atoms with Gasteiger partial charge in [0.1, 0.15) is 0 Å². The average molecular weight is 412 g/mol. The van der Waals surface area contributed by atoms with Crippen LogP contribution in [0.1, 0.15) is 38.8 Å². The second kappa shape index (κ2) is 8.95. The molecule has 0 spiro atoms. The van der Waals surface area contributed by atoms with Gasteiger partial charge in [-0.25, -0.2) is 4.79 Å². The Balaban J connectivity index is 1.74. The summed E-state index contributed by atoms with van der Waals surface area (Å²) in [5.41, 5.74) is 1.80. The first-order valence-electron chi connectivity index (χ1n) is 9.35. The lowest BCUT2D eigenvalue weighted by Gasteiger charge is -2.11. The number of hydrogen-bond acceptors (Lipinski definition) is 3. The second-order valence-corrected chi connectivity index (χ2v) is 6.67. The van der Waals surface area contributed by atoms with E-state index in [1.165, 1.54) is 18.2 Å². The van der Waals surface area contributed by atoms with Crippen LogP contribution in [0.3, 0.4) is 0 Å². The number of benzene rings is 3. The van der Waals surface area contributed by atoms with E-state index in [1.807, 2.05) is 19.1 Å². The van der Waals surface area contributed by atoms with Crippen LogP contribution in [0.4, 0.5) is 13.2 Å². The molecule has 0 bridgehead atoms. The number of halogens is 3. The van der Waals surface area contributed by atoms with Gasteiger partial charge in [-0.2, -0.15) is 13.2 Å². The number of rotatable bonds is 6. The molecule has 0 aromatic heterocycles. The van der Waals surface area contributed by atoms with Crippen molar-refractivity contribution >= 4 is 11.8 Å². The van der Waals surface area contributed by atoms with Crippen molar-refractivity contribution in [2.24, 2.45) is 0 Å². The highest BCUT2D eigenvalue weighted by Crippen LogP contribution is 2.32. The van der Waals surface area contributed by atoms with Gasteiger partial charge in [0.2, 0.25) is 0 Å². The van der Waals surface area contributed by atoms with Crippen LogP contribution < -0.4 is 0 Å². The molecule has 0 N–H and O–H groups in total. The first kappa shape index (κ1) is 21.3. The number of carbonyl (C=O) groups is 2. The number of hydrogen-bond donors (Lipinski definition) is 0. The molecule has 3 nitrogen and oxygen atoms in total. The minimum Gasteiger partial charge on any atom is -0.454 e. The first-order valence-corrected chi connectivity index (χ1v) is 9.35. The van der Waals surface area contributed by atoms with Crippen molar-refractivity contribution in [2.75, 3.05) is 6.61 Å². The molecule has 0 aliphatic carbocycles. The maximum Gasteiger partial charge on any atom is 0.416 e. The van der Waals surface area contributed by atoms with E-state index in [0.717, 1.165) is 24.1 Å². The molecule has 0 saturated carbocycles. The van der Waals surface area contributed by atoms with Crippen LogP contribution in [-0.2, 0) is 17.3 Å². The SMILES string of the molecule is CCc1ccc(C(=O)COC(=O)c2ccccc2-c2ccc(C(F)(F)F)cc2)cc1. The summed E-state index contributed by atoms with van der Waals surface area (Å²) in [4.78, 5) is 24.8. The molecule has 0 atom stereocenters. The molecular formula is C24H19F3O3. The van der Waals surface area contributed by atoms with Crippen LogP contribution in [0, 0.1) is 0 Å². The molecule has 6 heteroatoms. The van der Waals surface area contributed by atoms with Crippen molar-refractivity contribution < 1.29 is 27.5 Å². The maximum atomic E-state index is 12.8. The monoisotopic (exact) mass is 412 g/mol. The van der Waals surface area contributed by atoms with Crippen molar-refractivity contribution in [3.63, 3.8) is 0 Å². The van der Waals surface area contributed by atoms with Gasteiger partial charge in [0.15, 0.2) is 12.4 Å². The fraction of sp³-hybridized carbons (Fsp3) is 0.167. The second-order valence-electron chi connectivity index (χ2n) is 6.67. The third kappa shape index (κ3) is 4.95. The fourth-order valence-electron chi connectivity index (χ4n) is 2.97. The minimum atomic E-state index is -4.44. The lowest BCUT2D eigenvalue weighted by atomic mass is 9.98. The molecule has 3 aromatic rings. The van der Waals surface area contributed by atoms with Gasteiger partial charge in [0.25, 0.3) is 0 Å². The minimum absolute atomic E-state index is 0.173. The van der Waals surface area contributed by atoms with Crippen LogP contribution in [0.2, 0.25) is 0 Å². The van der Waals surface area contributed by atoms with E-state index >= 15 is 0 Å². The number of carbonyl (C=O) groups excluding carboxylic acids is 2. The third-order valence-corrected chi connectivity index (χ3v) is 4.69. The molecule has 3 aromatic carbocycles. The van der Waals surface area contributed by atoms with Crippen LogP contribution >= 0.6 is 0 Å². The molecule has 0 amide bonds. The Hall–Kier alpha value is -3.41. The summed E-state index contributed by atoms with van der Waals surface area (Å²) in [6.45, 7) is 1.58. The summed E-state index contributed by atoms with van der Waals surface area (Å²) >= 11 is 0. The van der Waals surface area contributed by atoms with Gasteiger partial charge >= 0.3 is 12.1 Å². The number of Topliss-reactive ketones (excluding diaryl/α,β-unsaturated/α-hetero) is 1. The zero-order valence-electron chi connectivity index (χ0n) is 16.2. The number of aryl methyl sites for hydroxylation is 1. The average Bonchev–Trinajstić information content (AvgIpc) is 2.76. The fourth-order valence-corrected chi connectivity index (χ4v) is 2.97. The van der Waals surface area contributed by atoms with Gasteiger partial charge in [0, 0.05) is 5.56 Å². The molecule has 0 aliphatic heterocycles. The summed E-state index contributed by atoms with van der Waals surface area (Å²) in [7, 11) is 0. The Morgan fingerprint density at radius 1 is 0.867 bits per heavy atom. The molecule has 154 valence electrons. The van der Waals surface area contributed by atoms with E-state index in [1.54, 1.807) is 30.3 Å². The van der Waals surface area contributed by atoms with Crippen molar-refractivity contribution in [2.45, 2.75) is 19.5 Å². The van der Waals surface area contributed by atoms with Crippen LogP contribution in [0.15, 0.2) is 72.8 Å². The third-order valence-electron chi connectivity index (χ3n) is 4.69. The van der Waals surface area contributed by atoms with Crippen molar-refractivity contribution in [1.29, 1.82) is 0 Å². The summed E-state index contributed by atoms with van der Waals surface area (Å²) in [6.07, 6.45) is -3.59. The highest BCUT2D eigenvalue weighted by molar-refractivity contribution is 6.01. The van der Waals surface area contributed by atoms with E-state index in [9.17, 15) is 22.8 Å². The van der Waals surface area contributed by atoms with Crippen LogP contribution in [0.25, 0.3) is 11.1 Å². The molecule has 0 heterocycles. The standard InChI is InChI=1S/C24H19F3O3/c1-2-16-7-9-18(10-8-16)22(28)15-30-23(29)21-6-4-3-5-20(21)17-11-13-19(14-12-17)24(25,26)27/h3-14H,2,15H2,1H3. The Morgan fingerprint density at radius 2 is 1.50 bits per heavy atom. The largest absolute Gasteiger partial charge is 0.454 e. The molecule has 0 radical (unpaired) electrons. The number of ketones is 1. The number of ether oxygens (including phenoxy) is 1. The first-order chi connectivity index (χ1) is 14.3. The molecule has 3 rings (SSSR count). The van der Waals surface area contributed by atoms with Crippen molar-refractivity contribution in [3.05, 3.63) is 95.1 Å².